The van der Waals surface area contributed by atoms with E-state index in [1.807, 2.05) is 0 Å². The summed E-state index contributed by atoms with van der Waals surface area (Å²) in [5, 5.41) is 9.14. The van der Waals surface area contributed by atoms with Crippen molar-refractivity contribution in [2.75, 3.05) is 19.8 Å². The topological polar surface area (TPSA) is 66.8 Å². The summed E-state index contributed by atoms with van der Waals surface area (Å²) in [6.45, 7) is 1.74. The Bertz CT molecular complexity index is 618. The van der Waals surface area contributed by atoms with Crippen molar-refractivity contribution in [3.05, 3.63) is 35.4 Å². The molecule has 8 heteroatoms. The van der Waals surface area contributed by atoms with Gasteiger partial charge in [-0.05, 0) is 17.5 Å². The zero-order chi connectivity index (χ0) is 17.9. The van der Waals surface area contributed by atoms with Crippen LogP contribution in [0.5, 0.6) is 0 Å². The molecule has 0 saturated carbocycles. The van der Waals surface area contributed by atoms with Crippen LogP contribution < -0.4 is 0 Å². The molecule has 0 unspecified atom stereocenters. The number of benzene rings is 1. The molecule has 1 aliphatic heterocycles. The van der Waals surface area contributed by atoms with Gasteiger partial charge in [0.2, 0.25) is 5.91 Å². The van der Waals surface area contributed by atoms with E-state index in [9.17, 15) is 22.8 Å². The minimum absolute atomic E-state index is 0.0264. The Balaban J connectivity index is 2.16. The first-order valence-corrected chi connectivity index (χ1v) is 7.48. The highest BCUT2D eigenvalue weighted by Gasteiger charge is 2.36. The lowest BCUT2D eigenvalue weighted by atomic mass is 9.92. The SMILES string of the molecule is C[C@@H](CC(=O)N1CCOC[C@H]1C(=O)O)c1ccccc1C(F)(F)F. The standard InChI is InChI=1S/C16H18F3NO4/c1-10(11-4-2-3-5-12(11)16(17,18)19)8-14(21)20-6-7-24-9-13(20)15(22)23/h2-5,10,13H,6-9H2,1H3,(H,22,23)/t10-,13-/m0/s1. The van der Waals surface area contributed by atoms with Crippen LogP contribution in [0.2, 0.25) is 0 Å². The van der Waals surface area contributed by atoms with Crippen molar-refractivity contribution >= 4 is 11.9 Å². The maximum atomic E-state index is 13.1. The molecule has 24 heavy (non-hydrogen) atoms. The molecule has 1 heterocycles. The van der Waals surface area contributed by atoms with Gasteiger partial charge in [-0.25, -0.2) is 4.79 Å². The fourth-order valence-corrected chi connectivity index (χ4v) is 2.78. The van der Waals surface area contributed by atoms with Crippen LogP contribution in [0, 0.1) is 0 Å². The van der Waals surface area contributed by atoms with Gasteiger partial charge in [0, 0.05) is 13.0 Å². The molecule has 0 aliphatic carbocycles. The number of carbonyl (C=O) groups excluding carboxylic acids is 1. The summed E-state index contributed by atoms with van der Waals surface area (Å²) in [6.07, 6.45) is -4.70. The minimum Gasteiger partial charge on any atom is -0.480 e. The Morgan fingerprint density at radius 1 is 1.38 bits per heavy atom. The van der Waals surface area contributed by atoms with E-state index in [2.05, 4.69) is 0 Å². The van der Waals surface area contributed by atoms with E-state index < -0.39 is 35.6 Å². The number of nitrogens with zero attached hydrogens (tertiary/aromatic N) is 1. The molecule has 1 amide bonds. The van der Waals surface area contributed by atoms with E-state index in [-0.39, 0.29) is 31.7 Å². The van der Waals surface area contributed by atoms with Crippen LogP contribution in [0.15, 0.2) is 24.3 Å². The zero-order valence-corrected chi connectivity index (χ0v) is 13.0. The number of rotatable bonds is 4. The largest absolute Gasteiger partial charge is 0.480 e. The first-order chi connectivity index (χ1) is 11.2. The number of aliphatic carboxylic acids is 1. The number of hydrogen-bond acceptors (Lipinski definition) is 3. The molecule has 1 N–H and O–H groups in total. The van der Waals surface area contributed by atoms with E-state index in [0.717, 1.165) is 6.07 Å². The van der Waals surface area contributed by atoms with Crippen LogP contribution >= 0.6 is 0 Å². The predicted octanol–water partition coefficient (Wildman–Crippen LogP) is 2.51. The van der Waals surface area contributed by atoms with Crippen molar-refractivity contribution in [2.45, 2.75) is 31.5 Å². The second kappa shape index (κ2) is 7.21. The molecule has 2 atom stereocenters. The maximum Gasteiger partial charge on any atom is 0.416 e. The Labute approximate surface area is 137 Å². The fraction of sp³-hybridized carbons (Fsp3) is 0.500. The number of hydrogen-bond donors (Lipinski definition) is 1. The van der Waals surface area contributed by atoms with Gasteiger partial charge in [-0.15, -0.1) is 0 Å². The Hall–Kier alpha value is -2.09. The molecule has 1 aromatic carbocycles. The second-order valence-corrected chi connectivity index (χ2v) is 5.71. The van der Waals surface area contributed by atoms with Crippen LogP contribution in [0.3, 0.4) is 0 Å². The molecule has 5 nitrogen and oxygen atoms in total. The van der Waals surface area contributed by atoms with Gasteiger partial charge in [0.05, 0.1) is 18.8 Å². The first kappa shape index (κ1) is 18.3. The number of halogens is 3. The number of amides is 1. The third-order valence-corrected chi connectivity index (χ3v) is 4.01. The number of carboxylic acids is 1. The van der Waals surface area contributed by atoms with Gasteiger partial charge in [-0.3, -0.25) is 4.79 Å². The van der Waals surface area contributed by atoms with E-state index >= 15 is 0 Å². The zero-order valence-electron chi connectivity index (χ0n) is 13.0. The fourth-order valence-electron chi connectivity index (χ4n) is 2.78. The summed E-state index contributed by atoms with van der Waals surface area (Å²) in [7, 11) is 0. The maximum absolute atomic E-state index is 13.1. The number of carbonyl (C=O) groups is 2. The molecule has 1 aliphatic rings. The van der Waals surface area contributed by atoms with Crippen molar-refractivity contribution in [1.29, 1.82) is 0 Å². The highest BCUT2D eigenvalue weighted by Crippen LogP contribution is 2.36. The Morgan fingerprint density at radius 3 is 2.67 bits per heavy atom. The molecule has 1 saturated heterocycles. The normalized spacial score (nSPS) is 19.8. The van der Waals surface area contributed by atoms with Gasteiger partial charge in [0.15, 0.2) is 6.04 Å². The van der Waals surface area contributed by atoms with Crippen molar-refractivity contribution < 1.29 is 32.6 Å². The Morgan fingerprint density at radius 2 is 2.04 bits per heavy atom. The van der Waals surface area contributed by atoms with Gasteiger partial charge in [-0.2, -0.15) is 13.2 Å². The molecule has 132 valence electrons. The average molecular weight is 345 g/mol. The quantitative estimate of drug-likeness (QED) is 0.911. The van der Waals surface area contributed by atoms with Gasteiger partial charge in [0.1, 0.15) is 0 Å². The highest BCUT2D eigenvalue weighted by molar-refractivity contribution is 5.84. The highest BCUT2D eigenvalue weighted by atomic mass is 19.4. The molecule has 1 aromatic rings. The lowest BCUT2D eigenvalue weighted by Gasteiger charge is -2.33. The van der Waals surface area contributed by atoms with E-state index in [0.29, 0.717) is 0 Å². The van der Waals surface area contributed by atoms with Crippen LogP contribution in [0.4, 0.5) is 13.2 Å². The summed E-state index contributed by atoms with van der Waals surface area (Å²) in [4.78, 5) is 24.7. The molecule has 0 spiro atoms. The molecule has 0 bridgehead atoms. The number of ether oxygens (including phenoxy) is 1. The average Bonchev–Trinajstić information content (AvgIpc) is 2.53. The molecule has 0 aromatic heterocycles. The molecule has 0 radical (unpaired) electrons. The molecular formula is C16H18F3NO4. The van der Waals surface area contributed by atoms with Crippen LogP contribution in [0.1, 0.15) is 30.4 Å². The van der Waals surface area contributed by atoms with Gasteiger partial charge in [0.25, 0.3) is 0 Å². The summed E-state index contributed by atoms with van der Waals surface area (Å²) >= 11 is 0. The van der Waals surface area contributed by atoms with Crippen molar-refractivity contribution in [3.63, 3.8) is 0 Å². The lowest BCUT2D eigenvalue weighted by Crippen LogP contribution is -2.52. The summed E-state index contributed by atoms with van der Waals surface area (Å²) in [5.74, 6) is -2.37. The van der Waals surface area contributed by atoms with Crippen LogP contribution in [-0.4, -0.2) is 47.7 Å². The van der Waals surface area contributed by atoms with Gasteiger partial charge >= 0.3 is 12.1 Å². The summed E-state index contributed by atoms with van der Waals surface area (Å²) in [5.41, 5.74) is -0.749. The first-order valence-electron chi connectivity index (χ1n) is 7.48. The predicted molar refractivity (Wildman–Crippen MR) is 78.4 cm³/mol. The monoisotopic (exact) mass is 345 g/mol. The van der Waals surface area contributed by atoms with Gasteiger partial charge < -0.3 is 14.7 Å². The number of alkyl halides is 3. The molecule has 1 fully saturated rings. The van der Waals surface area contributed by atoms with E-state index in [1.54, 1.807) is 0 Å². The van der Waals surface area contributed by atoms with E-state index in [1.165, 1.54) is 30.0 Å². The third kappa shape index (κ3) is 4.05. The van der Waals surface area contributed by atoms with Gasteiger partial charge in [-0.1, -0.05) is 25.1 Å². The second-order valence-electron chi connectivity index (χ2n) is 5.71. The minimum atomic E-state index is -4.50. The number of morpholine rings is 1. The summed E-state index contributed by atoms with van der Waals surface area (Å²) < 4.78 is 44.3. The smallest absolute Gasteiger partial charge is 0.416 e. The van der Waals surface area contributed by atoms with E-state index in [4.69, 9.17) is 9.84 Å². The third-order valence-electron chi connectivity index (χ3n) is 4.01. The molecule has 2 rings (SSSR count). The number of carboxylic acid groups (broad SMARTS) is 1. The van der Waals surface area contributed by atoms with Crippen LogP contribution in [0.25, 0.3) is 0 Å². The molecular weight excluding hydrogens is 327 g/mol. The van der Waals surface area contributed by atoms with Crippen molar-refractivity contribution in [3.8, 4) is 0 Å². The van der Waals surface area contributed by atoms with Crippen molar-refractivity contribution in [2.24, 2.45) is 0 Å². The van der Waals surface area contributed by atoms with Crippen molar-refractivity contribution in [1.82, 2.24) is 4.90 Å². The summed E-state index contributed by atoms with van der Waals surface area (Å²) in [6, 6.07) is 4.00. The Kier molecular flexibility index (Phi) is 5.48. The van der Waals surface area contributed by atoms with Crippen LogP contribution in [-0.2, 0) is 20.5 Å². The lowest BCUT2D eigenvalue weighted by molar-refractivity contribution is -0.158.